The molecule has 0 atom stereocenters. The van der Waals surface area contributed by atoms with Crippen LogP contribution >= 0.6 is 0 Å². The van der Waals surface area contributed by atoms with E-state index in [1.54, 1.807) is 36.4 Å². The lowest BCUT2D eigenvalue weighted by molar-refractivity contribution is 0.324. The van der Waals surface area contributed by atoms with Gasteiger partial charge in [-0.05, 0) is 54.1 Å². The van der Waals surface area contributed by atoms with Crippen LogP contribution in [-0.2, 0) is 10.0 Å². The Bertz CT molecular complexity index is 1290. The molecule has 0 spiro atoms. The molecule has 0 fully saturated rings. The van der Waals surface area contributed by atoms with Crippen LogP contribution in [0.25, 0.3) is 12.2 Å². The Morgan fingerprint density at radius 2 is 1.29 bits per heavy atom. The maximum absolute atomic E-state index is 13.1. The second kappa shape index (κ2) is 10.9. The zero-order valence-corrected chi connectivity index (χ0v) is 20.8. The van der Waals surface area contributed by atoms with Gasteiger partial charge in [-0.3, -0.25) is 4.72 Å². The zero-order valence-electron chi connectivity index (χ0n) is 20.0. The summed E-state index contributed by atoms with van der Waals surface area (Å²) in [6.07, 6.45) is 3.49. The molecule has 0 aliphatic heterocycles. The van der Waals surface area contributed by atoms with Crippen LogP contribution in [0.4, 0.5) is 5.69 Å². The summed E-state index contributed by atoms with van der Waals surface area (Å²) in [6, 6.07) is 12.1. The molecule has 0 unspecified atom stereocenters. The number of aromatic hydroxyl groups is 1. The first-order chi connectivity index (χ1) is 16.8. The van der Waals surface area contributed by atoms with Crippen LogP contribution in [0.2, 0.25) is 0 Å². The van der Waals surface area contributed by atoms with Crippen molar-refractivity contribution in [3.05, 3.63) is 59.7 Å². The Balaban J connectivity index is 2.10. The quantitative estimate of drug-likeness (QED) is 0.393. The number of anilines is 1. The number of ether oxygens (including phenoxy) is 5. The molecule has 0 amide bonds. The SMILES string of the molecule is COc1cc(C=Cc2ccc(OC)c(OC)c2NS(=O)(=O)c2ccc(O)cc2)cc(OC)c1OC. The Morgan fingerprint density at radius 1 is 0.714 bits per heavy atom. The summed E-state index contributed by atoms with van der Waals surface area (Å²) >= 11 is 0. The Hall–Kier alpha value is -4.05. The first-order valence-corrected chi connectivity index (χ1v) is 11.8. The molecule has 0 aromatic heterocycles. The predicted molar refractivity (Wildman–Crippen MR) is 133 cm³/mol. The molecule has 0 aliphatic carbocycles. The van der Waals surface area contributed by atoms with Crippen molar-refractivity contribution < 1.29 is 37.2 Å². The molecule has 0 saturated carbocycles. The lowest BCUT2D eigenvalue weighted by Gasteiger charge is -2.17. The summed E-state index contributed by atoms with van der Waals surface area (Å²) in [4.78, 5) is -0.0280. The van der Waals surface area contributed by atoms with E-state index < -0.39 is 10.0 Å². The molecule has 35 heavy (non-hydrogen) atoms. The summed E-state index contributed by atoms with van der Waals surface area (Å²) in [5, 5.41) is 9.51. The topological polar surface area (TPSA) is 113 Å². The van der Waals surface area contributed by atoms with Crippen molar-refractivity contribution in [2.24, 2.45) is 0 Å². The van der Waals surface area contributed by atoms with Gasteiger partial charge in [0.15, 0.2) is 23.0 Å². The predicted octanol–water partition coefficient (Wildman–Crippen LogP) is 4.41. The molecular formula is C25H27NO8S. The number of hydrogen-bond donors (Lipinski definition) is 2. The molecule has 0 heterocycles. The summed E-state index contributed by atoms with van der Waals surface area (Å²) < 4.78 is 55.7. The highest BCUT2D eigenvalue weighted by molar-refractivity contribution is 7.92. The summed E-state index contributed by atoms with van der Waals surface area (Å²) in [6.45, 7) is 0. The standard InChI is InChI=1S/C25H27NO8S/c1-30-20-13-8-17(7-6-16-14-21(31-2)24(33-4)22(15-16)32-3)23(25(20)34-5)26-35(28,29)19-11-9-18(27)10-12-19/h6-15,26-27H,1-5H3. The van der Waals surface area contributed by atoms with Gasteiger partial charge >= 0.3 is 0 Å². The molecule has 10 heteroatoms. The highest BCUT2D eigenvalue weighted by Crippen LogP contribution is 2.41. The lowest BCUT2D eigenvalue weighted by Crippen LogP contribution is -2.14. The normalized spacial score (nSPS) is 11.2. The van der Waals surface area contributed by atoms with Crippen molar-refractivity contribution in [2.75, 3.05) is 40.3 Å². The Kier molecular flexibility index (Phi) is 7.98. The van der Waals surface area contributed by atoms with Crippen molar-refractivity contribution in [3.8, 4) is 34.5 Å². The van der Waals surface area contributed by atoms with E-state index in [1.807, 2.05) is 0 Å². The van der Waals surface area contributed by atoms with E-state index in [2.05, 4.69) is 4.72 Å². The first kappa shape index (κ1) is 25.6. The molecular weight excluding hydrogens is 474 g/mol. The van der Waals surface area contributed by atoms with Crippen LogP contribution in [0.15, 0.2) is 53.4 Å². The van der Waals surface area contributed by atoms with E-state index in [1.165, 1.54) is 59.8 Å². The smallest absolute Gasteiger partial charge is 0.262 e. The molecule has 0 aliphatic rings. The van der Waals surface area contributed by atoms with Crippen LogP contribution in [0, 0.1) is 0 Å². The van der Waals surface area contributed by atoms with E-state index >= 15 is 0 Å². The van der Waals surface area contributed by atoms with Crippen LogP contribution in [0.3, 0.4) is 0 Å². The fraction of sp³-hybridized carbons (Fsp3) is 0.200. The van der Waals surface area contributed by atoms with Gasteiger partial charge in [0.2, 0.25) is 5.75 Å². The third-order valence-corrected chi connectivity index (χ3v) is 6.47. The minimum Gasteiger partial charge on any atom is -0.508 e. The van der Waals surface area contributed by atoms with Crippen LogP contribution in [-0.4, -0.2) is 49.1 Å². The van der Waals surface area contributed by atoms with E-state index in [9.17, 15) is 13.5 Å². The minimum atomic E-state index is -4.01. The maximum atomic E-state index is 13.1. The Morgan fingerprint density at radius 3 is 1.80 bits per heavy atom. The number of methoxy groups -OCH3 is 5. The molecule has 2 N–H and O–H groups in total. The molecule has 3 aromatic rings. The first-order valence-electron chi connectivity index (χ1n) is 10.3. The minimum absolute atomic E-state index is 0.0280. The molecule has 0 saturated heterocycles. The molecule has 3 aromatic carbocycles. The van der Waals surface area contributed by atoms with Gasteiger partial charge in [-0.25, -0.2) is 8.42 Å². The van der Waals surface area contributed by atoms with Gasteiger partial charge < -0.3 is 28.8 Å². The maximum Gasteiger partial charge on any atom is 0.262 e. The van der Waals surface area contributed by atoms with Crippen molar-refractivity contribution in [2.45, 2.75) is 4.90 Å². The largest absolute Gasteiger partial charge is 0.508 e. The van der Waals surface area contributed by atoms with Crippen LogP contribution in [0.1, 0.15) is 11.1 Å². The van der Waals surface area contributed by atoms with E-state index in [4.69, 9.17) is 23.7 Å². The third-order valence-electron chi connectivity index (χ3n) is 5.10. The van der Waals surface area contributed by atoms with Gasteiger partial charge in [0, 0.05) is 5.56 Å². The third kappa shape index (κ3) is 5.55. The van der Waals surface area contributed by atoms with E-state index in [0.29, 0.717) is 28.6 Å². The lowest BCUT2D eigenvalue weighted by atomic mass is 10.1. The average Bonchev–Trinajstić information content (AvgIpc) is 2.86. The highest BCUT2D eigenvalue weighted by Gasteiger charge is 2.21. The summed E-state index contributed by atoms with van der Waals surface area (Å²) in [7, 11) is 3.43. The van der Waals surface area contributed by atoms with Gasteiger partial charge in [0.1, 0.15) is 11.4 Å². The van der Waals surface area contributed by atoms with Gasteiger partial charge in [0.25, 0.3) is 10.0 Å². The highest BCUT2D eigenvalue weighted by atomic mass is 32.2. The van der Waals surface area contributed by atoms with Crippen LogP contribution in [0.5, 0.6) is 34.5 Å². The fourth-order valence-electron chi connectivity index (χ4n) is 3.39. The monoisotopic (exact) mass is 501 g/mol. The van der Waals surface area contributed by atoms with Gasteiger partial charge in [-0.15, -0.1) is 0 Å². The van der Waals surface area contributed by atoms with Crippen molar-refractivity contribution >= 4 is 27.9 Å². The summed E-state index contributed by atoms with van der Waals surface area (Å²) in [5.74, 6) is 1.93. The fourth-order valence-corrected chi connectivity index (χ4v) is 4.48. The molecule has 0 radical (unpaired) electrons. The van der Waals surface area contributed by atoms with E-state index in [-0.39, 0.29) is 22.1 Å². The molecule has 0 bridgehead atoms. The number of hydrogen-bond acceptors (Lipinski definition) is 8. The van der Waals surface area contributed by atoms with Gasteiger partial charge in [-0.1, -0.05) is 12.2 Å². The molecule has 3 rings (SSSR count). The molecule has 186 valence electrons. The number of sulfonamides is 1. The van der Waals surface area contributed by atoms with Crippen molar-refractivity contribution in [3.63, 3.8) is 0 Å². The van der Waals surface area contributed by atoms with Crippen molar-refractivity contribution in [1.82, 2.24) is 0 Å². The van der Waals surface area contributed by atoms with Crippen LogP contribution < -0.4 is 28.4 Å². The second-order valence-corrected chi connectivity index (χ2v) is 8.84. The number of nitrogens with one attached hydrogen (secondary N) is 1. The van der Waals surface area contributed by atoms with E-state index in [0.717, 1.165) is 5.56 Å². The second-order valence-electron chi connectivity index (χ2n) is 7.16. The number of phenols is 1. The zero-order chi connectivity index (χ0) is 25.6. The van der Waals surface area contributed by atoms with Crippen molar-refractivity contribution in [1.29, 1.82) is 0 Å². The van der Waals surface area contributed by atoms with Gasteiger partial charge in [0.05, 0.1) is 40.4 Å². The molecule has 9 nitrogen and oxygen atoms in total. The number of rotatable bonds is 10. The number of phenolic OH excluding ortho intramolecular Hbond substituents is 1. The van der Waals surface area contributed by atoms with Gasteiger partial charge in [-0.2, -0.15) is 0 Å². The Labute approximate surface area is 204 Å². The average molecular weight is 502 g/mol. The number of benzene rings is 3. The summed E-state index contributed by atoms with van der Waals surface area (Å²) in [5.41, 5.74) is 1.42.